The van der Waals surface area contributed by atoms with E-state index in [1.165, 1.54) is 11.1 Å². The molecule has 5 heteroatoms. The molecule has 1 atom stereocenters. The summed E-state index contributed by atoms with van der Waals surface area (Å²) in [5, 5.41) is 3.03. The molecule has 0 saturated carbocycles. The van der Waals surface area contributed by atoms with Crippen molar-refractivity contribution in [2.75, 3.05) is 16.8 Å². The number of benzene rings is 3. The molecular formula is C29H31N3O2. The Morgan fingerprint density at radius 1 is 0.853 bits per heavy atom. The molecule has 3 aromatic rings. The van der Waals surface area contributed by atoms with Crippen molar-refractivity contribution in [2.24, 2.45) is 5.92 Å². The number of hydrogen-bond donors (Lipinski definition) is 1. The van der Waals surface area contributed by atoms with Gasteiger partial charge < -0.3 is 15.1 Å². The number of rotatable bonds is 6. The van der Waals surface area contributed by atoms with Gasteiger partial charge in [-0.05, 0) is 74.2 Å². The van der Waals surface area contributed by atoms with Gasteiger partial charge in [-0.3, -0.25) is 9.59 Å². The highest BCUT2D eigenvalue weighted by atomic mass is 16.2. The van der Waals surface area contributed by atoms with Crippen molar-refractivity contribution in [1.82, 2.24) is 4.90 Å². The quantitative estimate of drug-likeness (QED) is 0.559. The first-order valence-corrected chi connectivity index (χ1v) is 12.1. The Kier molecular flexibility index (Phi) is 6.10. The molecule has 0 bridgehead atoms. The molecule has 1 heterocycles. The summed E-state index contributed by atoms with van der Waals surface area (Å²) in [6, 6.07) is 27.1. The number of likely N-dealkylation sites (tertiary alicyclic amines) is 1. The lowest BCUT2D eigenvalue weighted by Gasteiger charge is -2.29. The fraction of sp³-hybridized carbons (Fsp3) is 0.310. The molecule has 1 aliphatic heterocycles. The average Bonchev–Trinajstić information content (AvgIpc) is 3.44. The van der Waals surface area contributed by atoms with Crippen LogP contribution >= 0.6 is 0 Å². The molecule has 0 spiro atoms. The normalized spacial score (nSPS) is 17.8. The Morgan fingerprint density at radius 2 is 1.44 bits per heavy atom. The molecule has 0 radical (unpaired) electrons. The van der Waals surface area contributed by atoms with E-state index in [4.69, 9.17) is 0 Å². The van der Waals surface area contributed by atoms with Gasteiger partial charge in [-0.25, -0.2) is 0 Å². The van der Waals surface area contributed by atoms with Crippen molar-refractivity contribution in [2.45, 2.75) is 45.2 Å². The van der Waals surface area contributed by atoms with E-state index in [2.05, 4.69) is 60.5 Å². The van der Waals surface area contributed by atoms with E-state index in [0.29, 0.717) is 12.6 Å². The molecule has 2 aliphatic rings. The van der Waals surface area contributed by atoms with Gasteiger partial charge in [0.25, 0.3) is 0 Å². The first-order valence-electron chi connectivity index (χ1n) is 12.1. The Hall–Kier alpha value is -3.60. The minimum Gasteiger partial charge on any atom is -0.339 e. The second-order valence-electron chi connectivity index (χ2n) is 9.61. The minimum atomic E-state index is -0.313. The van der Waals surface area contributed by atoms with Gasteiger partial charge in [0, 0.05) is 42.1 Å². The van der Waals surface area contributed by atoms with Gasteiger partial charge in [-0.1, -0.05) is 42.5 Å². The molecule has 1 saturated heterocycles. The van der Waals surface area contributed by atoms with Crippen LogP contribution in [0, 0.1) is 5.92 Å². The highest BCUT2D eigenvalue weighted by Gasteiger charge is 2.39. The maximum Gasteiger partial charge on any atom is 0.229 e. The van der Waals surface area contributed by atoms with Crippen LogP contribution in [0.4, 0.5) is 17.1 Å². The molecule has 34 heavy (non-hydrogen) atoms. The summed E-state index contributed by atoms with van der Waals surface area (Å²) in [4.78, 5) is 29.9. The summed E-state index contributed by atoms with van der Waals surface area (Å²) in [7, 11) is 0. The molecule has 1 aliphatic carbocycles. The molecule has 0 aromatic heterocycles. The third-order valence-corrected chi connectivity index (χ3v) is 6.96. The number of nitrogens with zero attached hydrogens (tertiary/aromatic N) is 2. The Balaban J connectivity index is 1.22. The lowest BCUT2D eigenvalue weighted by molar-refractivity contribution is -0.129. The lowest BCUT2D eigenvalue weighted by atomic mass is 10.1. The summed E-state index contributed by atoms with van der Waals surface area (Å²) < 4.78 is 0. The van der Waals surface area contributed by atoms with Gasteiger partial charge in [0.05, 0.1) is 5.92 Å². The first-order chi connectivity index (χ1) is 16.5. The van der Waals surface area contributed by atoms with E-state index < -0.39 is 0 Å². The van der Waals surface area contributed by atoms with Crippen LogP contribution in [0.25, 0.3) is 0 Å². The van der Waals surface area contributed by atoms with E-state index in [1.807, 2.05) is 47.4 Å². The molecule has 3 aromatic carbocycles. The highest BCUT2D eigenvalue weighted by molar-refractivity contribution is 5.97. The fourth-order valence-electron chi connectivity index (χ4n) is 5.30. The topological polar surface area (TPSA) is 52.7 Å². The van der Waals surface area contributed by atoms with E-state index in [1.54, 1.807) is 0 Å². The van der Waals surface area contributed by atoms with Crippen molar-refractivity contribution < 1.29 is 9.59 Å². The number of anilines is 3. The highest BCUT2D eigenvalue weighted by Crippen LogP contribution is 2.31. The molecule has 2 amide bonds. The zero-order valence-corrected chi connectivity index (χ0v) is 19.8. The van der Waals surface area contributed by atoms with Gasteiger partial charge in [0.15, 0.2) is 0 Å². The standard InChI is InChI=1S/C29H31N3O2/c1-20(2)32(25-10-4-3-5-11-25)26-14-12-24(13-15-26)30-29(34)23-18-28(33)31(19-23)27-16-21-8-6-7-9-22(21)17-27/h3-15,20,23,27H,16-19H2,1-2H3,(H,30,34). The molecule has 1 N–H and O–H groups in total. The van der Waals surface area contributed by atoms with Crippen LogP contribution in [0.2, 0.25) is 0 Å². The van der Waals surface area contributed by atoms with Crippen LogP contribution in [0.15, 0.2) is 78.9 Å². The van der Waals surface area contributed by atoms with Crippen molar-refractivity contribution >= 4 is 28.9 Å². The van der Waals surface area contributed by atoms with Crippen molar-refractivity contribution in [3.05, 3.63) is 90.0 Å². The SMILES string of the molecule is CC(C)N(c1ccccc1)c1ccc(NC(=O)C2CC(=O)N(C3Cc4ccccc4C3)C2)cc1. The van der Waals surface area contributed by atoms with Crippen LogP contribution in [0.5, 0.6) is 0 Å². The molecule has 174 valence electrons. The third-order valence-electron chi connectivity index (χ3n) is 6.96. The van der Waals surface area contributed by atoms with Crippen LogP contribution in [-0.4, -0.2) is 35.3 Å². The average molecular weight is 454 g/mol. The number of carbonyl (C=O) groups excluding carboxylic acids is 2. The Morgan fingerprint density at radius 3 is 2.06 bits per heavy atom. The molecule has 1 unspecified atom stereocenters. The van der Waals surface area contributed by atoms with Crippen LogP contribution in [0.1, 0.15) is 31.4 Å². The number of fused-ring (bicyclic) bond motifs is 1. The van der Waals surface area contributed by atoms with Gasteiger partial charge in [-0.15, -0.1) is 0 Å². The first kappa shape index (κ1) is 22.2. The summed E-state index contributed by atoms with van der Waals surface area (Å²) in [5.74, 6) is -0.306. The molecular weight excluding hydrogens is 422 g/mol. The maximum absolute atomic E-state index is 13.0. The molecule has 1 fully saturated rings. The zero-order valence-electron chi connectivity index (χ0n) is 19.8. The zero-order chi connectivity index (χ0) is 23.7. The number of hydrogen-bond acceptors (Lipinski definition) is 3. The number of para-hydroxylation sites is 1. The van der Waals surface area contributed by atoms with E-state index in [9.17, 15) is 9.59 Å². The Bertz CT molecular complexity index is 1150. The maximum atomic E-state index is 13.0. The van der Waals surface area contributed by atoms with Crippen LogP contribution in [0.3, 0.4) is 0 Å². The third kappa shape index (κ3) is 4.43. The van der Waals surface area contributed by atoms with Crippen molar-refractivity contribution in [1.29, 1.82) is 0 Å². The van der Waals surface area contributed by atoms with Crippen LogP contribution in [-0.2, 0) is 22.4 Å². The van der Waals surface area contributed by atoms with Crippen molar-refractivity contribution in [3.8, 4) is 0 Å². The number of amides is 2. The predicted molar refractivity (Wildman–Crippen MR) is 136 cm³/mol. The predicted octanol–water partition coefficient (Wildman–Crippen LogP) is 5.19. The van der Waals surface area contributed by atoms with Gasteiger partial charge in [0.2, 0.25) is 11.8 Å². The van der Waals surface area contributed by atoms with E-state index in [0.717, 1.165) is 29.9 Å². The van der Waals surface area contributed by atoms with Gasteiger partial charge in [-0.2, -0.15) is 0 Å². The van der Waals surface area contributed by atoms with Crippen LogP contribution < -0.4 is 10.2 Å². The summed E-state index contributed by atoms with van der Waals surface area (Å²) in [5.41, 5.74) is 5.60. The fourth-order valence-corrected chi connectivity index (χ4v) is 5.30. The summed E-state index contributed by atoms with van der Waals surface area (Å²) in [6.07, 6.45) is 2.04. The van der Waals surface area contributed by atoms with Gasteiger partial charge in [0.1, 0.15) is 0 Å². The largest absolute Gasteiger partial charge is 0.339 e. The van der Waals surface area contributed by atoms with E-state index in [-0.39, 0.29) is 30.2 Å². The Labute approximate surface area is 201 Å². The second-order valence-corrected chi connectivity index (χ2v) is 9.61. The second kappa shape index (κ2) is 9.34. The smallest absolute Gasteiger partial charge is 0.229 e. The number of carbonyl (C=O) groups is 2. The number of nitrogens with one attached hydrogen (secondary N) is 1. The van der Waals surface area contributed by atoms with Gasteiger partial charge >= 0.3 is 0 Å². The molecule has 5 nitrogen and oxygen atoms in total. The molecule has 5 rings (SSSR count). The minimum absolute atomic E-state index is 0.0807. The van der Waals surface area contributed by atoms with Crippen molar-refractivity contribution in [3.63, 3.8) is 0 Å². The van der Waals surface area contributed by atoms with E-state index >= 15 is 0 Å². The lowest BCUT2D eigenvalue weighted by Crippen LogP contribution is -2.38. The summed E-state index contributed by atoms with van der Waals surface area (Å²) >= 11 is 0. The monoisotopic (exact) mass is 453 g/mol. The summed E-state index contributed by atoms with van der Waals surface area (Å²) in [6.45, 7) is 4.82.